The smallest absolute Gasteiger partial charge is 0.418 e. The van der Waals surface area contributed by atoms with E-state index in [1.54, 1.807) is 37.3 Å². The SMILES string of the molecule is Cc1cc(Oc2cccc(-c3c(Cc4ccccc4)cnc4c(C(F)(F)F)cccc34)c2)ccc1O. The molecule has 6 heteroatoms. The number of nitrogens with zero attached hydrogens (tertiary/aromatic N) is 1. The molecule has 0 bridgehead atoms. The van der Waals surface area contributed by atoms with E-state index < -0.39 is 11.7 Å². The number of hydrogen-bond acceptors (Lipinski definition) is 3. The topological polar surface area (TPSA) is 42.4 Å². The van der Waals surface area contributed by atoms with Crippen molar-refractivity contribution in [2.75, 3.05) is 0 Å². The van der Waals surface area contributed by atoms with Crippen molar-refractivity contribution in [2.45, 2.75) is 19.5 Å². The van der Waals surface area contributed by atoms with Crippen molar-refractivity contribution < 1.29 is 23.0 Å². The van der Waals surface area contributed by atoms with Crippen LogP contribution in [0.15, 0.2) is 97.2 Å². The second kappa shape index (κ2) is 9.38. The summed E-state index contributed by atoms with van der Waals surface area (Å²) in [7, 11) is 0. The summed E-state index contributed by atoms with van der Waals surface area (Å²) in [6.07, 6.45) is -2.47. The zero-order valence-electron chi connectivity index (χ0n) is 19.4. The fourth-order valence-corrected chi connectivity index (χ4v) is 4.33. The molecule has 36 heavy (non-hydrogen) atoms. The number of phenolic OH excluding ortho intramolecular Hbond substituents is 1. The summed E-state index contributed by atoms with van der Waals surface area (Å²) in [5, 5.41) is 10.2. The molecule has 0 saturated carbocycles. The molecule has 180 valence electrons. The van der Waals surface area contributed by atoms with Gasteiger partial charge in [0, 0.05) is 11.6 Å². The normalized spacial score (nSPS) is 11.6. The molecule has 4 aromatic carbocycles. The number of fused-ring (bicyclic) bond motifs is 1. The average molecular weight is 486 g/mol. The maximum absolute atomic E-state index is 13.8. The lowest BCUT2D eigenvalue weighted by Crippen LogP contribution is -2.07. The van der Waals surface area contributed by atoms with Crippen molar-refractivity contribution >= 4 is 10.9 Å². The lowest BCUT2D eigenvalue weighted by molar-refractivity contribution is -0.136. The number of alkyl halides is 3. The van der Waals surface area contributed by atoms with Crippen molar-refractivity contribution in [3.8, 4) is 28.4 Å². The zero-order valence-corrected chi connectivity index (χ0v) is 19.4. The molecule has 5 aromatic rings. The summed E-state index contributed by atoms with van der Waals surface area (Å²) >= 11 is 0. The average Bonchev–Trinajstić information content (AvgIpc) is 2.86. The van der Waals surface area contributed by atoms with Gasteiger partial charge in [0.2, 0.25) is 0 Å². The molecule has 0 aliphatic heterocycles. The van der Waals surface area contributed by atoms with Gasteiger partial charge in [-0.15, -0.1) is 0 Å². The number of aromatic hydroxyl groups is 1. The van der Waals surface area contributed by atoms with E-state index >= 15 is 0 Å². The Hall–Kier alpha value is -4.32. The molecule has 0 spiro atoms. The Morgan fingerprint density at radius 1 is 0.833 bits per heavy atom. The van der Waals surface area contributed by atoms with Crippen LogP contribution < -0.4 is 4.74 Å². The van der Waals surface area contributed by atoms with Crippen molar-refractivity contribution in [2.24, 2.45) is 0 Å². The Labute approximate surface area is 206 Å². The van der Waals surface area contributed by atoms with Crippen LogP contribution in [-0.4, -0.2) is 10.1 Å². The van der Waals surface area contributed by atoms with Crippen LogP contribution in [-0.2, 0) is 12.6 Å². The number of halogens is 3. The first-order valence-electron chi connectivity index (χ1n) is 11.4. The molecule has 0 aliphatic rings. The minimum atomic E-state index is -4.52. The third kappa shape index (κ3) is 4.75. The van der Waals surface area contributed by atoms with Gasteiger partial charge in [0.15, 0.2) is 0 Å². The minimum absolute atomic E-state index is 0.0858. The lowest BCUT2D eigenvalue weighted by atomic mass is 9.92. The molecule has 0 unspecified atom stereocenters. The summed E-state index contributed by atoms with van der Waals surface area (Å²) in [5.74, 6) is 1.25. The quantitative estimate of drug-likeness (QED) is 0.272. The molecule has 0 fully saturated rings. The van der Waals surface area contributed by atoms with Gasteiger partial charge in [0.25, 0.3) is 0 Å². The van der Waals surface area contributed by atoms with Crippen molar-refractivity contribution in [3.05, 3.63) is 119 Å². The fraction of sp³-hybridized carbons (Fsp3) is 0.100. The van der Waals surface area contributed by atoms with Crippen LogP contribution in [0.2, 0.25) is 0 Å². The minimum Gasteiger partial charge on any atom is -0.508 e. The Morgan fingerprint density at radius 2 is 1.58 bits per heavy atom. The van der Waals surface area contributed by atoms with Crippen molar-refractivity contribution in [3.63, 3.8) is 0 Å². The van der Waals surface area contributed by atoms with E-state index in [2.05, 4.69) is 4.98 Å². The van der Waals surface area contributed by atoms with Gasteiger partial charge >= 0.3 is 6.18 Å². The van der Waals surface area contributed by atoms with Gasteiger partial charge in [0.05, 0.1) is 11.1 Å². The second-order valence-electron chi connectivity index (χ2n) is 8.60. The maximum atomic E-state index is 13.8. The first-order chi connectivity index (χ1) is 17.3. The van der Waals surface area contributed by atoms with E-state index in [1.165, 1.54) is 12.3 Å². The van der Waals surface area contributed by atoms with E-state index in [-0.39, 0.29) is 11.3 Å². The number of aryl methyl sites for hydroxylation is 1. The Balaban J connectivity index is 1.66. The van der Waals surface area contributed by atoms with Crippen LogP contribution in [0.5, 0.6) is 17.2 Å². The van der Waals surface area contributed by atoms with Gasteiger partial charge in [-0.2, -0.15) is 13.2 Å². The van der Waals surface area contributed by atoms with Crippen LogP contribution >= 0.6 is 0 Å². The number of phenols is 1. The van der Waals surface area contributed by atoms with Gasteiger partial charge in [-0.25, -0.2) is 0 Å². The van der Waals surface area contributed by atoms with E-state index in [1.807, 2.05) is 48.5 Å². The Bertz CT molecular complexity index is 1550. The number of hydrogen-bond donors (Lipinski definition) is 1. The standard InChI is InChI=1S/C30H22F3NO2/c1-19-15-24(13-14-27(19)35)36-23-10-5-9-21(17-23)28-22(16-20-7-3-2-4-8-20)18-34-29-25(28)11-6-12-26(29)30(31,32)33/h2-15,17-18,35H,16H2,1H3. The highest BCUT2D eigenvalue weighted by Crippen LogP contribution is 2.40. The number of pyridine rings is 1. The molecule has 0 aliphatic carbocycles. The third-order valence-electron chi connectivity index (χ3n) is 6.05. The monoisotopic (exact) mass is 485 g/mol. The number of para-hydroxylation sites is 1. The molecular weight excluding hydrogens is 463 g/mol. The predicted molar refractivity (Wildman–Crippen MR) is 134 cm³/mol. The first kappa shape index (κ1) is 23.4. The molecule has 1 heterocycles. The summed E-state index contributed by atoms with van der Waals surface area (Å²) in [6.45, 7) is 1.77. The Morgan fingerprint density at radius 3 is 2.33 bits per heavy atom. The largest absolute Gasteiger partial charge is 0.508 e. The summed E-state index contributed by atoms with van der Waals surface area (Å²) in [5.41, 5.74) is 3.07. The number of ether oxygens (including phenoxy) is 1. The van der Waals surface area contributed by atoms with Gasteiger partial charge in [-0.3, -0.25) is 4.98 Å². The molecule has 1 N–H and O–H groups in total. The molecule has 0 radical (unpaired) electrons. The highest BCUT2D eigenvalue weighted by atomic mass is 19.4. The van der Waals surface area contributed by atoms with Crippen LogP contribution in [0.25, 0.3) is 22.0 Å². The van der Waals surface area contributed by atoms with E-state index in [0.717, 1.165) is 22.8 Å². The molecule has 0 atom stereocenters. The lowest BCUT2D eigenvalue weighted by Gasteiger charge is -2.17. The van der Waals surface area contributed by atoms with Crippen LogP contribution in [0.3, 0.4) is 0 Å². The maximum Gasteiger partial charge on any atom is 0.418 e. The number of rotatable bonds is 5. The molecule has 5 rings (SSSR count). The first-order valence-corrected chi connectivity index (χ1v) is 11.4. The van der Waals surface area contributed by atoms with Crippen LogP contribution in [0, 0.1) is 6.92 Å². The van der Waals surface area contributed by atoms with Gasteiger partial charge in [0.1, 0.15) is 17.2 Å². The van der Waals surface area contributed by atoms with Crippen molar-refractivity contribution in [1.29, 1.82) is 0 Å². The molecule has 0 saturated heterocycles. The summed E-state index contributed by atoms with van der Waals surface area (Å²) < 4.78 is 47.4. The number of benzene rings is 4. The van der Waals surface area contributed by atoms with Gasteiger partial charge in [-0.1, -0.05) is 54.6 Å². The summed E-state index contributed by atoms with van der Waals surface area (Å²) in [4.78, 5) is 4.26. The highest BCUT2D eigenvalue weighted by molar-refractivity contribution is 5.98. The van der Waals surface area contributed by atoms with Crippen molar-refractivity contribution in [1.82, 2.24) is 4.98 Å². The molecule has 1 aromatic heterocycles. The molecular formula is C30H22F3NO2. The summed E-state index contributed by atoms with van der Waals surface area (Å²) in [6, 6.07) is 26.1. The molecule has 0 amide bonds. The van der Waals surface area contributed by atoms with Gasteiger partial charge in [-0.05, 0) is 77.6 Å². The number of aromatic nitrogens is 1. The van der Waals surface area contributed by atoms with Gasteiger partial charge < -0.3 is 9.84 Å². The van der Waals surface area contributed by atoms with Crippen LogP contribution in [0.4, 0.5) is 13.2 Å². The van der Waals surface area contributed by atoms with Crippen LogP contribution in [0.1, 0.15) is 22.3 Å². The zero-order chi connectivity index (χ0) is 25.3. The highest BCUT2D eigenvalue weighted by Gasteiger charge is 2.33. The predicted octanol–water partition coefficient (Wildman–Crippen LogP) is 8.32. The fourth-order valence-electron chi connectivity index (χ4n) is 4.33. The Kier molecular flexibility index (Phi) is 6.10. The van der Waals surface area contributed by atoms with E-state index in [0.29, 0.717) is 34.4 Å². The molecule has 3 nitrogen and oxygen atoms in total. The van der Waals surface area contributed by atoms with E-state index in [9.17, 15) is 18.3 Å². The third-order valence-corrected chi connectivity index (χ3v) is 6.05. The van der Waals surface area contributed by atoms with E-state index in [4.69, 9.17) is 4.74 Å². The second-order valence-corrected chi connectivity index (χ2v) is 8.60.